The van der Waals surface area contributed by atoms with Gasteiger partial charge in [-0.1, -0.05) is 23.7 Å². The number of imide groups is 1. The predicted octanol–water partition coefficient (Wildman–Crippen LogP) is 0.720. The van der Waals surface area contributed by atoms with Gasteiger partial charge in [0.25, 0.3) is 5.91 Å². The average molecular weight is 322 g/mol. The number of ether oxygens (including phenoxy) is 1. The molecule has 0 radical (unpaired) electrons. The van der Waals surface area contributed by atoms with Gasteiger partial charge in [-0.25, -0.2) is 9.69 Å². The summed E-state index contributed by atoms with van der Waals surface area (Å²) in [5.41, 5.74) is 1.44. The number of fused-ring (bicyclic) bond motifs is 1. The Bertz CT molecular complexity index is 733. The van der Waals surface area contributed by atoms with Gasteiger partial charge in [0.05, 0.1) is 17.8 Å². The van der Waals surface area contributed by atoms with Crippen molar-refractivity contribution >= 4 is 40.8 Å². The van der Waals surface area contributed by atoms with Crippen LogP contribution in [-0.2, 0) is 19.1 Å². The minimum atomic E-state index is -1.32. The van der Waals surface area contributed by atoms with Gasteiger partial charge >= 0.3 is 5.97 Å². The maximum absolute atomic E-state index is 12.7. The summed E-state index contributed by atoms with van der Waals surface area (Å²) in [4.78, 5) is 38.1. The van der Waals surface area contributed by atoms with Crippen molar-refractivity contribution in [2.45, 2.75) is 12.5 Å². The first-order valence-electron chi connectivity index (χ1n) is 6.48. The van der Waals surface area contributed by atoms with Crippen molar-refractivity contribution in [2.24, 2.45) is 11.0 Å². The smallest absolute Gasteiger partial charge is 0.355 e. The van der Waals surface area contributed by atoms with E-state index >= 15 is 0 Å². The van der Waals surface area contributed by atoms with E-state index in [0.29, 0.717) is 0 Å². The second kappa shape index (κ2) is 4.81. The zero-order valence-electron chi connectivity index (χ0n) is 11.8. The highest BCUT2D eigenvalue weighted by atomic mass is 35.5. The molecule has 0 aromatic heterocycles. The summed E-state index contributed by atoms with van der Waals surface area (Å²) < 4.78 is 4.62. The first-order valence-corrected chi connectivity index (χ1v) is 6.85. The fraction of sp³-hybridized carbons (Fsp3) is 0.286. The van der Waals surface area contributed by atoms with Crippen LogP contribution in [-0.4, -0.2) is 36.1 Å². The molecule has 2 amide bonds. The minimum Gasteiger partial charge on any atom is -0.464 e. The topological polar surface area (TPSA) is 88.1 Å². The molecule has 1 saturated heterocycles. The first kappa shape index (κ1) is 14.5. The highest BCUT2D eigenvalue weighted by molar-refractivity contribution is 6.48. The highest BCUT2D eigenvalue weighted by Crippen LogP contribution is 2.40. The number of nitrogens with one attached hydrogen (secondary N) is 1. The van der Waals surface area contributed by atoms with Gasteiger partial charge in [0.2, 0.25) is 5.91 Å². The van der Waals surface area contributed by atoms with Crippen LogP contribution >= 0.6 is 11.6 Å². The van der Waals surface area contributed by atoms with E-state index in [0.717, 1.165) is 4.90 Å². The number of nitrogens with zero attached hydrogens (tertiary/aromatic N) is 2. The number of hydrogen-bond donors (Lipinski definition) is 1. The van der Waals surface area contributed by atoms with Gasteiger partial charge in [0.1, 0.15) is 11.5 Å². The molecule has 1 aromatic carbocycles. The molecule has 0 saturated carbocycles. The number of para-hydroxylation sites is 1. The Labute approximate surface area is 130 Å². The molecule has 22 heavy (non-hydrogen) atoms. The van der Waals surface area contributed by atoms with Crippen LogP contribution in [0.15, 0.2) is 29.4 Å². The Kier molecular flexibility index (Phi) is 3.17. The SMILES string of the molecule is COC(=O)C1=NN[C@@]2(C)C(=O)N(c3ccccc3Cl)C(=O)[C@@H]12. The summed E-state index contributed by atoms with van der Waals surface area (Å²) in [6.45, 7) is 1.52. The number of carbonyl (C=O) groups is 3. The number of esters is 1. The molecule has 1 fully saturated rings. The van der Waals surface area contributed by atoms with E-state index in [-0.39, 0.29) is 16.4 Å². The monoisotopic (exact) mass is 321 g/mol. The lowest BCUT2D eigenvalue weighted by molar-refractivity contribution is -0.133. The number of methoxy groups -OCH3 is 1. The molecule has 8 heteroatoms. The number of hydrogen-bond acceptors (Lipinski definition) is 6. The van der Waals surface area contributed by atoms with E-state index in [1.54, 1.807) is 24.3 Å². The normalized spacial score (nSPS) is 26.6. The Morgan fingerprint density at radius 3 is 2.73 bits per heavy atom. The number of rotatable bonds is 2. The standard InChI is InChI=1S/C14H12ClN3O4/c1-14-9(10(16-17-14)12(20)22-2)11(19)18(13(14)21)8-6-4-3-5-7(8)15/h3-6,9,17H,1-2H3/t9-,14-/m1/s1. The van der Waals surface area contributed by atoms with Crippen molar-refractivity contribution in [3.8, 4) is 0 Å². The molecular weight excluding hydrogens is 310 g/mol. The fourth-order valence-corrected chi connectivity index (χ4v) is 2.93. The third kappa shape index (κ3) is 1.75. The first-order chi connectivity index (χ1) is 10.4. The molecule has 3 rings (SSSR count). The third-order valence-corrected chi connectivity index (χ3v) is 4.18. The van der Waals surface area contributed by atoms with Gasteiger partial charge in [-0.05, 0) is 19.1 Å². The van der Waals surface area contributed by atoms with Crippen molar-refractivity contribution < 1.29 is 19.1 Å². The van der Waals surface area contributed by atoms with Gasteiger partial charge in [-0.2, -0.15) is 5.10 Å². The lowest BCUT2D eigenvalue weighted by atomic mass is 9.86. The van der Waals surface area contributed by atoms with Gasteiger partial charge in [0.15, 0.2) is 5.71 Å². The van der Waals surface area contributed by atoms with Crippen molar-refractivity contribution in [3.05, 3.63) is 29.3 Å². The van der Waals surface area contributed by atoms with Gasteiger partial charge in [-0.15, -0.1) is 0 Å². The number of anilines is 1. The molecule has 0 spiro atoms. The lowest BCUT2D eigenvalue weighted by Gasteiger charge is -2.20. The number of halogens is 1. The molecule has 2 aliphatic heterocycles. The van der Waals surface area contributed by atoms with E-state index < -0.39 is 29.2 Å². The molecule has 0 aliphatic carbocycles. The lowest BCUT2D eigenvalue weighted by Crippen LogP contribution is -2.48. The minimum absolute atomic E-state index is 0.113. The molecule has 2 atom stereocenters. The van der Waals surface area contributed by atoms with E-state index in [9.17, 15) is 14.4 Å². The largest absolute Gasteiger partial charge is 0.464 e. The summed E-state index contributed by atoms with van der Waals surface area (Å²) in [6.07, 6.45) is 0. The van der Waals surface area contributed by atoms with Crippen LogP contribution in [0.1, 0.15) is 6.92 Å². The van der Waals surface area contributed by atoms with Crippen LogP contribution in [0.3, 0.4) is 0 Å². The average Bonchev–Trinajstić information content (AvgIpc) is 2.95. The molecule has 0 bridgehead atoms. The van der Waals surface area contributed by atoms with Gasteiger partial charge < -0.3 is 4.74 Å². The van der Waals surface area contributed by atoms with Crippen LogP contribution < -0.4 is 10.3 Å². The van der Waals surface area contributed by atoms with Crippen molar-refractivity contribution in [2.75, 3.05) is 12.0 Å². The fourth-order valence-electron chi connectivity index (χ4n) is 2.70. The van der Waals surface area contributed by atoms with Gasteiger partial charge in [0, 0.05) is 0 Å². The maximum atomic E-state index is 12.7. The number of hydrazone groups is 1. The molecule has 0 unspecified atom stereocenters. The van der Waals surface area contributed by atoms with Crippen molar-refractivity contribution in [1.82, 2.24) is 5.43 Å². The Hall–Kier alpha value is -2.41. The van der Waals surface area contributed by atoms with Crippen LogP contribution in [0.2, 0.25) is 5.02 Å². The molecule has 114 valence electrons. The second-order valence-corrected chi connectivity index (χ2v) is 5.57. The quantitative estimate of drug-likeness (QED) is 0.640. The van der Waals surface area contributed by atoms with E-state index in [1.807, 2.05) is 0 Å². The summed E-state index contributed by atoms with van der Waals surface area (Å²) in [5, 5.41) is 4.07. The molecular formula is C14H12ClN3O4. The van der Waals surface area contributed by atoms with Crippen LogP contribution in [0, 0.1) is 5.92 Å². The maximum Gasteiger partial charge on any atom is 0.355 e. The Morgan fingerprint density at radius 2 is 2.09 bits per heavy atom. The Morgan fingerprint density at radius 1 is 1.41 bits per heavy atom. The Balaban J connectivity index is 2.07. The predicted molar refractivity (Wildman–Crippen MR) is 78.4 cm³/mol. The van der Waals surface area contributed by atoms with Crippen LogP contribution in [0.4, 0.5) is 5.69 Å². The van der Waals surface area contributed by atoms with E-state index in [4.69, 9.17) is 11.6 Å². The summed E-state index contributed by atoms with van der Waals surface area (Å²) in [5.74, 6) is -2.86. The highest BCUT2D eigenvalue weighted by Gasteiger charge is 2.63. The molecule has 1 N–H and O–H groups in total. The van der Waals surface area contributed by atoms with Crippen LogP contribution in [0.25, 0.3) is 0 Å². The molecule has 2 heterocycles. The third-order valence-electron chi connectivity index (χ3n) is 3.86. The van der Waals surface area contributed by atoms with E-state index in [1.165, 1.54) is 14.0 Å². The van der Waals surface area contributed by atoms with E-state index in [2.05, 4.69) is 15.3 Å². The van der Waals surface area contributed by atoms with Crippen LogP contribution in [0.5, 0.6) is 0 Å². The molecule has 1 aromatic rings. The summed E-state index contributed by atoms with van der Waals surface area (Å²) >= 11 is 6.07. The number of carbonyl (C=O) groups excluding carboxylic acids is 3. The summed E-state index contributed by atoms with van der Waals surface area (Å²) in [7, 11) is 1.19. The zero-order chi connectivity index (χ0) is 16.1. The second-order valence-electron chi connectivity index (χ2n) is 5.17. The molecule has 7 nitrogen and oxygen atoms in total. The molecule has 2 aliphatic rings. The summed E-state index contributed by atoms with van der Waals surface area (Å²) in [6, 6.07) is 6.51. The number of benzene rings is 1. The number of amides is 2. The zero-order valence-corrected chi connectivity index (χ0v) is 12.5. The van der Waals surface area contributed by atoms with Gasteiger partial charge in [-0.3, -0.25) is 15.0 Å². The van der Waals surface area contributed by atoms with Crippen molar-refractivity contribution in [1.29, 1.82) is 0 Å². The van der Waals surface area contributed by atoms with Crippen molar-refractivity contribution in [3.63, 3.8) is 0 Å².